The monoisotopic (exact) mass is 295 g/mol. The van der Waals surface area contributed by atoms with Gasteiger partial charge in [-0.05, 0) is 44.2 Å². The average Bonchev–Trinajstić information content (AvgIpc) is 3.21. The molecule has 1 N–H and O–H groups in total. The van der Waals surface area contributed by atoms with Gasteiger partial charge in [0.1, 0.15) is 5.82 Å². The molecule has 4 heteroatoms. The van der Waals surface area contributed by atoms with Crippen LogP contribution in [0.2, 0.25) is 0 Å². The van der Waals surface area contributed by atoms with E-state index in [1.165, 1.54) is 0 Å². The number of amides is 1. The van der Waals surface area contributed by atoms with Crippen LogP contribution < -0.4 is 0 Å². The summed E-state index contributed by atoms with van der Waals surface area (Å²) in [7, 11) is 0. The van der Waals surface area contributed by atoms with Crippen LogP contribution in [0.5, 0.6) is 0 Å². The fraction of sp³-hybridized carbons (Fsp3) is 0.444. The molecule has 0 unspecified atom stereocenters. The summed E-state index contributed by atoms with van der Waals surface area (Å²) in [6.45, 7) is 0.862. The van der Waals surface area contributed by atoms with E-state index in [1.807, 2.05) is 24.3 Å². The van der Waals surface area contributed by atoms with Gasteiger partial charge in [0.25, 0.3) is 0 Å². The van der Waals surface area contributed by atoms with Crippen molar-refractivity contribution >= 4 is 16.9 Å². The van der Waals surface area contributed by atoms with Crippen LogP contribution in [0.1, 0.15) is 44.0 Å². The van der Waals surface area contributed by atoms with Gasteiger partial charge in [-0.25, -0.2) is 4.98 Å². The predicted octanol–water partition coefficient (Wildman–Crippen LogP) is 3.58. The highest BCUT2D eigenvalue weighted by atomic mass is 16.2. The minimum Gasteiger partial charge on any atom is -0.340 e. The highest BCUT2D eigenvalue weighted by Gasteiger charge is 2.35. The highest BCUT2D eigenvalue weighted by Crippen LogP contribution is 2.34. The Labute approximate surface area is 130 Å². The van der Waals surface area contributed by atoms with Crippen molar-refractivity contribution in [3.8, 4) is 0 Å². The number of nitrogens with one attached hydrogen (secondary N) is 1. The smallest absolute Gasteiger partial charge is 0.226 e. The Hall–Kier alpha value is -2.10. The van der Waals surface area contributed by atoms with E-state index in [0.717, 1.165) is 55.5 Å². The van der Waals surface area contributed by atoms with E-state index in [0.29, 0.717) is 5.91 Å². The minimum atomic E-state index is 0.116. The largest absolute Gasteiger partial charge is 0.340 e. The topological polar surface area (TPSA) is 49.0 Å². The second kappa shape index (κ2) is 5.59. The zero-order valence-corrected chi connectivity index (χ0v) is 12.7. The van der Waals surface area contributed by atoms with Crippen LogP contribution in [-0.4, -0.2) is 27.3 Å². The van der Waals surface area contributed by atoms with Crippen molar-refractivity contribution in [3.63, 3.8) is 0 Å². The third-order valence-electron chi connectivity index (χ3n) is 4.88. The molecule has 1 saturated heterocycles. The molecule has 2 aliphatic rings. The zero-order chi connectivity index (χ0) is 14.9. The molecule has 1 aromatic heterocycles. The van der Waals surface area contributed by atoms with Gasteiger partial charge in [0, 0.05) is 12.5 Å². The van der Waals surface area contributed by atoms with Crippen molar-refractivity contribution in [2.24, 2.45) is 5.92 Å². The number of aromatic amines is 1. The average molecular weight is 295 g/mol. The number of carbonyl (C=O) groups excluding carboxylic acids is 1. The Morgan fingerprint density at radius 2 is 2.14 bits per heavy atom. The lowest BCUT2D eigenvalue weighted by Gasteiger charge is -2.28. The SMILES string of the molecule is O=C([C@H]1CC=CCC1)N1CCC[C@H]1c1nc2ccccc2[nH]1. The third-order valence-corrected chi connectivity index (χ3v) is 4.88. The lowest BCUT2D eigenvalue weighted by atomic mass is 9.93. The van der Waals surface area contributed by atoms with E-state index < -0.39 is 0 Å². The summed E-state index contributed by atoms with van der Waals surface area (Å²) in [5.74, 6) is 1.42. The van der Waals surface area contributed by atoms with Crippen molar-refractivity contribution in [3.05, 3.63) is 42.2 Å². The minimum absolute atomic E-state index is 0.116. The van der Waals surface area contributed by atoms with Crippen LogP contribution in [0.4, 0.5) is 0 Å². The van der Waals surface area contributed by atoms with Gasteiger partial charge in [0.05, 0.1) is 17.1 Å². The fourth-order valence-electron chi connectivity index (χ4n) is 3.70. The van der Waals surface area contributed by atoms with E-state index in [4.69, 9.17) is 4.98 Å². The molecule has 114 valence electrons. The molecule has 1 aliphatic heterocycles. The Morgan fingerprint density at radius 1 is 1.23 bits per heavy atom. The quantitative estimate of drug-likeness (QED) is 0.861. The van der Waals surface area contributed by atoms with Crippen LogP contribution in [-0.2, 0) is 4.79 Å². The first kappa shape index (κ1) is 13.6. The molecule has 2 aromatic rings. The second-order valence-corrected chi connectivity index (χ2v) is 6.31. The molecule has 1 aromatic carbocycles. The molecule has 1 amide bonds. The number of H-pyrrole nitrogens is 1. The van der Waals surface area contributed by atoms with E-state index in [-0.39, 0.29) is 12.0 Å². The molecule has 0 spiro atoms. The Bertz CT molecular complexity index is 685. The van der Waals surface area contributed by atoms with Gasteiger partial charge in [-0.2, -0.15) is 0 Å². The summed E-state index contributed by atoms with van der Waals surface area (Å²) in [6.07, 6.45) is 9.31. The molecule has 4 rings (SSSR count). The molecular formula is C18H21N3O. The Balaban J connectivity index is 1.60. The number of allylic oxidation sites excluding steroid dienone is 2. The van der Waals surface area contributed by atoms with Crippen LogP contribution in [0.25, 0.3) is 11.0 Å². The van der Waals surface area contributed by atoms with E-state index in [9.17, 15) is 4.79 Å². The first-order chi connectivity index (χ1) is 10.8. The van der Waals surface area contributed by atoms with Crippen LogP contribution >= 0.6 is 0 Å². The zero-order valence-electron chi connectivity index (χ0n) is 12.7. The van der Waals surface area contributed by atoms with Crippen LogP contribution in [0.3, 0.4) is 0 Å². The Kier molecular flexibility index (Phi) is 3.45. The first-order valence-electron chi connectivity index (χ1n) is 8.23. The fourth-order valence-corrected chi connectivity index (χ4v) is 3.70. The number of benzene rings is 1. The number of para-hydroxylation sites is 2. The van der Waals surface area contributed by atoms with Gasteiger partial charge in [-0.15, -0.1) is 0 Å². The first-order valence-corrected chi connectivity index (χ1v) is 8.23. The number of nitrogens with zero attached hydrogens (tertiary/aromatic N) is 2. The van der Waals surface area contributed by atoms with Crippen LogP contribution in [0, 0.1) is 5.92 Å². The van der Waals surface area contributed by atoms with Crippen molar-refractivity contribution in [1.82, 2.24) is 14.9 Å². The molecule has 0 radical (unpaired) electrons. The third kappa shape index (κ3) is 2.32. The van der Waals surface area contributed by atoms with Crippen molar-refractivity contribution in [2.45, 2.75) is 38.1 Å². The van der Waals surface area contributed by atoms with Crippen molar-refractivity contribution < 1.29 is 4.79 Å². The van der Waals surface area contributed by atoms with E-state index in [2.05, 4.69) is 22.0 Å². The molecule has 0 saturated carbocycles. The predicted molar refractivity (Wildman–Crippen MR) is 86.3 cm³/mol. The lowest BCUT2D eigenvalue weighted by Crippen LogP contribution is -2.36. The van der Waals surface area contributed by atoms with E-state index in [1.54, 1.807) is 0 Å². The number of imidazole rings is 1. The number of aromatic nitrogens is 2. The number of carbonyl (C=O) groups is 1. The van der Waals surface area contributed by atoms with E-state index >= 15 is 0 Å². The van der Waals surface area contributed by atoms with Gasteiger partial charge in [-0.3, -0.25) is 4.79 Å². The summed E-state index contributed by atoms with van der Waals surface area (Å²) in [6, 6.07) is 8.18. The Morgan fingerprint density at radius 3 is 2.95 bits per heavy atom. The highest BCUT2D eigenvalue weighted by molar-refractivity contribution is 5.80. The number of rotatable bonds is 2. The molecule has 2 heterocycles. The number of hydrogen-bond acceptors (Lipinski definition) is 2. The van der Waals surface area contributed by atoms with Gasteiger partial charge in [0.15, 0.2) is 0 Å². The molecule has 22 heavy (non-hydrogen) atoms. The van der Waals surface area contributed by atoms with Gasteiger partial charge in [-0.1, -0.05) is 24.3 Å². The second-order valence-electron chi connectivity index (χ2n) is 6.31. The maximum Gasteiger partial charge on any atom is 0.226 e. The van der Waals surface area contributed by atoms with Crippen molar-refractivity contribution in [2.75, 3.05) is 6.54 Å². The van der Waals surface area contributed by atoms with Crippen LogP contribution in [0.15, 0.2) is 36.4 Å². The maximum absolute atomic E-state index is 12.8. The molecule has 2 atom stereocenters. The number of likely N-dealkylation sites (tertiary alicyclic amines) is 1. The summed E-state index contributed by atoms with van der Waals surface area (Å²) in [4.78, 5) is 23.0. The summed E-state index contributed by atoms with van der Waals surface area (Å²) >= 11 is 0. The molecular weight excluding hydrogens is 274 g/mol. The normalized spacial score (nSPS) is 25.0. The summed E-state index contributed by atoms with van der Waals surface area (Å²) < 4.78 is 0. The molecule has 0 bridgehead atoms. The molecule has 1 aliphatic carbocycles. The van der Waals surface area contributed by atoms with Crippen molar-refractivity contribution in [1.29, 1.82) is 0 Å². The number of hydrogen-bond donors (Lipinski definition) is 1. The summed E-state index contributed by atoms with van der Waals surface area (Å²) in [5.41, 5.74) is 2.04. The van der Waals surface area contributed by atoms with Gasteiger partial charge < -0.3 is 9.88 Å². The standard InChI is InChI=1S/C18H21N3O/c22-18(13-7-2-1-3-8-13)21-12-6-11-16(21)17-19-14-9-4-5-10-15(14)20-17/h1-2,4-5,9-10,13,16H,3,6-8,11-12H2,(H,19,20)/t13-,16-/m0/s1. The van der Waals surface area contributed by atoms with Gasteiger partial charge in [0.2, 0.25) is 5.91 Å². The lowest BCUT2D eigenvalue weighted by molar-refractivity contribution is -0.136. The maximum atomic E-state index is 12.8. The summed E-state index contributed by atoms with van der Waals surface area (Å²) in [5, 5.41) is 0. The van der Waals surface area contributed by atoms with Gasteiger partial charge >= 0.3 is 0 Å². The number of fused-ring (bicyclic) bond motifs is 1. The molecule has 4 nitrogen and oxygen atoms in total. The molecule has 1 fully saturated rings.